The molecular weight excluding hydrogens is 288 g/mol. The largest absolute Gasteiger partial charge is 0.467 e. The van der Waals surface area contributed by atoms with Crippen LogP contribution in [-0.4, -0.2) is 22.1 Å². The zero-order valence-corrected chi connectivity index (χ0v) is 11.6. The first-order valence-corrected chi connectivity index (χ1v) is 6.49. The number of methoxy groups -OCH3 is 1. The van der Waals surface area contributed by atoms with E-state index in [0.717, 1.165) is 0 Å². The number of benzene rings is 2. The Hall–Kier alpha value is -2.89. The zero-order chi connectivity index (χ0) is 15.5. The van der Waals surface area contributed by atoms with Crippen LogP contribution in [0.2, 0.25) is 0 Å². The molecule has 2 aromatic carbocycles. The maximum atomic E-state index is 13.9. The highest BCUT2D eigenvalue weighted by Crippen LogP contribution is 2.25. The van der Waals surface area contributed by atoms with Gasteiger partial charge in [-0.3, -0.25) is 0 Å². The van der Waals surface area contributed by atoms with Crippen molar-refractivity contribution in [2.24, 2.45) is 0 Å². The van der Waals surface area contributed by atoms with Gasteiger partial charge in [0.05, 0.1) is 18.2 Å². The average Bonchev–Trinajstić information content (AvgIpc) is 2.55. The van der Waals surface area contributed by atoms with E-state index < -0.39 is 11.6 Å². The van der Waals surface area contributed by atoms with Crippen LogP contribution in [0.4, 0.5) is 8.78 Å². The van der Waals surface area contributed by atoms with Gasteiger partial charge < -0.3 is 4.74 Å². The Morgan fingerprint density at radius 3 is 1.59 bits per heavy atom. The molecule has 0 aliphatic rings. The second-order valence-corrected chi connectivity index (χ2v) is 4.43. The summed E-state index contributed by atoms with van der Waals surface area (Å²) in [6.07, 6.45) is 0. The van der Waals surface area contributed by atoms with Crippen LogP contribution in [0.1, 0.15) is 0 Å². The van der Waals surface area contributed by atoms with Gasteiger partial charge in [0.2, 0.25) is 0 Å². The SMILES string of the molecule is COc1nc(-c2ccccc2F)nc(-c2ccccc2F)n1. The second kappa shape index (κ2) is 5.85. The number of aromatic nitrogens is 3. The highest BCUT2D eigenvalue weighted by atomic mass is 19.1. The number of hydrogen-bond acceptors (Lipinski definition) is 4. The third kappa shape index (κ3) is 2.63. The summed E-state index contributed by atoms with van der Waals surface area (Å²) in [5.41, 5.74) is 0.390. The van der Waals surface area contributed by atoms with E-state index in [1.165, 1.54) is 31.4 Å². The van der Waals surface area contributed by atoms with Crippen LogP contribution in [0, 0.1) is 11.6 Å². The maximum Gasteiger partial charge on any atom is 0.320 e. The summed E-state index contributed by atoms with van der Waals surface area (Å²) >= 11 is 0. The molecule has 4 nitrogen and oxygen atoms in total. The van der Waals surface area contributed by atoms with Gasteiger partial charge in [0.1, 0.15) is 11.6 Å². The standard InChI is InChI=1S/C16H11F2N3O/c1-22-16-20-14(10-6-2-4-8-12(10)17)19-15(21-16)11-7-3-5-9-13(11)18/h2-9H,1H3. The summed E-state index contributed by atoms with van der Waals surface area (Å²) in [5.74, 6) is -0.781. The van der Waals surface area contributed by atoms with Gasteiger partial charge in [-0.25, -0.2) is 13.8 Å². The Kier molecular flexibility index (Phi) is 3.74. The molecule has 0 atom stereocenters. The van der Waals surface area contributed by atoms with E-state index in [4.69, 9.17) is 4.74 Å². The number of rotatable bonds is 3. The third-order valence-corrected chi connectivity index (χ3v) is 3.03. The summed E-state index contributed by atoms with van der Waals surface area (Å²) in [7, 11) is 1.38. The lowest BCUT2D eigenvalue weighted by Crippen LogP contribution is -2.02. The first kappa shape index (κ1) is 14.1. The molecule has 0 aliphatic carbocycles. The topological polar surface area (TPSA) is 47.9 Å². The normalized spacial score (nSPS) is 10.5. The van der Waals surface area contributed by atoms with Crippen LogP contribution in [-0.2, 0) is 0 Å². The molecular formula is C16H11F2N3O. The lowest BCUT2D eigenvalue weighted by molar-refractivity contribution is 0.379. The number of ether oxygens (including phenoxy) is 1. The Labute approximate surface area is 125 Å². The Morgan fingerprint density at radius 2 is 1.18 bits per heavy atom. The molecule has 110 valence electrons. The van der Waals surface area contributed by atoms with Crippen molar-refractivity contribution in [3.05, 3.63) is 60.2 Å². The number of nitrogens with zero attached hydrogens (tertiary/aromatic N) is 3. The molecule has 0 radical (unpaired) electrons. The molecule has 3 aromatic rings. The summed E-state index contributed by atoms with van der Waals surface area (Å²) < 4.78 is 32.8. The van der Waals surface area contributed by atoms with E-state index in [9.17, 15) is 8.78 Å². The van der Waals surface area contributed by atoms with Gasteiger partial charge in [-0.05, 0) is 24.3 Å². The molecule has 3 rings (SSSR count). The Balaban J connectivity index is 2.20. The van der Waals surface area contributed by atoms with Gasteiger partial charge in [-0.1, -0.05) is 24.3 Å². The maximum absolute atomic E-state index is 13.9. The van der Waals surface area contributed by atoms with Crippen molar-refractivity contribution >= 4 is 0 Å². The molecule has 0 spiro atoms. The fraction of sp³-hybridized carbons (Fsp3) is 0.0625. The van der Waals surface area contributed by atoms with Gasteiger partial charge in [-0.2, -0.15) is 9.97 Å². The van der Waals surface area contributed by atoms with Gasteiger partial charge in [0, 0.05) is 0 Å². The predicted molar refractivity (Wildman–Crippen MR) is 77.2 cm³/mol. The number of hydrogen-bond donors (Lipinski definition) is 0. The molecule has 0 fully saturated rings. The van der Waals surface area contributed by atoms with Crippen molar-refractivity contribution in [3.8, 4) is 28.8 Å². The molecule has 0 unspecified atom stereocenters. The van der Waals surface area contributed by atoms with Crippen molar-refractivity contribution in [2.45, 2.75) is 0 Å². The van der Waals surface area contributed by atoms with E-state index in [0.29, 0.717) is 0 Å². The highest BCUT2D eigenvalue weighted by Gasteiger charge is 2.15. The van der Waals surface area contributed by atoms with Crippen LogP contribution in [0.3, 0.4) is 0 Å². The Morgan fingerprint density at radius 1 is 0.727 bits per heavy atom. The van der Waals surface area contributed by atoms with E-state index in [-0.39, 0.29) is 28.8 Å². The van der Waals surface area contributed by atoms with Gasteiger partial charge >= 0.3 is 6.01 Å². The van der Waals surface area contributed by atoms with Crippen molar-refractivity contribution in [2.75, 3.05) is 7.11 Å². The van der Waals surface area contributed by atoms with Crippen LogP contribution >= 0.6 is 0 Å². The van der Waals surface area contributed by atoms with Gasteiger partial charge in [0.15, 0.2) is 11.6 Å². The minimum Gasteiger partial charge on any atom is -0.467 e. The van der Waals surface area contributed by atoms with Crippen molar-refractivity contribution < 1.29 is 13.5 Å². The molecule has 6 heteroatoms. The predicted octanol–water partition coefficient (Wildman–Crippen LogP) is 3.49. The van der Waals surface area contributed by atoms with E-state index >= 15 is 0 Å². The lowest BCUT2D eigenvalue weighted by atomic mass is 10.2. The second-order valence-electron chi connectivity index (χ2n) is 4.43. The smallest absolute Gasteiger partial charge is 0.320 e. The van der Waals surface area contributed by atoms with E-state index in [1.807, 2.05) is 0 Å². The molecule has 0 aliphatic heterocycles. The Bertz CT molecular complexity index is 760. The van der Waals surface area contributed by atoms with Crippen LogP contribution in [0.25, 0.3) is 22.8 Å². The first-order chi connectivity index (χ1) is 10.7. The monoisotopic (exact) mass is 299 g/mol. The minimum atomic E-state index is -0.477. The van der Waals surface area contributed by atoms with Crippen LogP contribution < -0.4 is 4.74 Å². The summed E-state index contributed by atoms with van der Waals surface area (Å²) in [4.78, 5) is 12.2. The molecule has 1 aromatic heterocycles. The first-order valence-electron chi connectivity index (χ1n) is 6.49. The molecule has 0 N–H and O–H groups in total. The molecule has 0 bridgehead atoms. The highest BCUT2D eigenvalue weighted by molar-refractivity contribution is 5.62. The molecule has 0 saturated carbocycles. The van der Waals surface area contributed by atoms with Crippen molar-refractivity contribution in [1.29, 1.82) is 0 Å². The summed E-state index contributed by atoms with van der Waals surface area (Å²) in [6.45, 7) is 0. The summed E-state index contributed by atoms with van der Waals surface area (Å²) in [6, 6.07) is 12.1. The quantitative estimate of drug-likeness (QED) is 0.742. The number of halogens is 2. The molecule has 0 saturated heterocycles. The van der Waals surface area contributed by atoms with Crippen molar-refractivity contribution in [3.63, 3.8) is 0 Å². The minimum absolute atomic E-state index is 0.00786. The van der Waals surface area contributed by atoms with E-state index in [2.05, 4.69) is 15.0 Å². The average molecular weight is 299 g/mol. The molecule has 1 heterocycles. The van der Waals surface area contributed by atoms with Gasteiger partial charge in [0.25, 0.3) is 0 Å². The zero-order valence-electron chi connectivity index (χ0n) is 11.6. The fourth-order valence-electron chi connectivity index (χ4n) is 1.97. The van der Waals surface area contributed by atoms with Crippen LogP contribution in [0.15, 0.2) is 48.5 Å². The lowest BCUT2D eigenvalue weighted by Gasteiger charge is -2.07. The fourth-order valence-corrected chi connectivity index (χ4v) is 1.97. The molecule has 0 amide bonds. The van der Waals surface area contributed by atoms with E-state index in [1.54, 1.807) is 24.3 Å². The molecule has 22 heavy (non-hydrogen) atoms. The van der Waals surface area contributed by atoms with Gasteiger partial charge in [-0.15, -0.1) is 0 Å². The van der Waals surface area contributed by atoms with Crippen molar-refractivity contribution in [1.82, 2.24) is 15.0 Å². The van der Waals surface area contributed by atoms with Crippen LogP contribution in [0.5, 0.6) is 6.01 Å². The third-order valence-electron chi connectivity index (χ3n) is 3.03. The summed E-state index contributed by atoms with van der Waals surface area (Å²) in [5, 5.41) is 0.